The lowest BCUT2D eigenvalue weighted by molar-refractivity contribution is -0.135. The van der Waals surface area contributed by atoms with Crippen LogP contribution in [0.15, 0.2) is 18.2 Å². The van der Waals surface area contributed by atoms with Crippen LogP contribution in [0.3, 0.4) is 0 Å². The van der Waals surface area contributed by atoms with Gasteiger partial charge in [-0.25, -0.2) is 0 Å². The fourth-order valence-corrected chi connectivity index (χ4v) is 6.48. The number of benzene rings is 1. The van der Waals surface area contributed by atoms with E-state index in [1.54, 1.807) is 14.2 Å². The average Bonchev–Trinajstić information content (AvgIpc) is 2.93. The van der Waals surface area contributed by atoms with Crippen LogP contribution in [-0.2, 0) is 16.0 Å². The monoisotopic (exact) mass is 437 g/mol. The van der Waals surface area contributed by atoms with Crippen LogP contribution < -0.4 is 14.8 Å². The van der Waals surface area contributed by atoms with Crippen LogP contribution in [0.4, 0.5) is 0 Å². The Kier molecular flexibility index (Phi) is 5.08. The SMILES string of the molecule is COc1ccc(CCNC(=O)[C@@]23CC[C@@](C)(C(=O)[C@H]2Br)C3(C)C)cc1OC. The van der Waals surface area contributed by atoms with Crippen LogP contribution in [0.5, 0.6) is 11.5 Å². The topological polar surface area (TPSA) is 64.6 Å². The van der Waals surface area contributed by atoms with E-state index in [1.807, 2.05) is 25.1 Å². The number of ether oxygens (including phenoxy) is 2. The summed E-state index contributed by atoms with van der Waals surface area (Å²) in [6.45, 7) is 6.65. The Morgan fingerprint density at radius 2 is 1.85 bits per heavy atom. The molecule has 1 N–H and O–H groups in total. The Labute approximate surface area is 169 Å². The van der Waals surface area contributed by atoms with Crippen molar-refractivity contribution < 1.29 is 19.1 Å². The first-order valence-electron chi connectivity index (χ1n) is 9.33. The largest absolute Gasteiger partial charge is 0.493 e. The minimum atomic E-state index is -0.684. The molecule has 0 aromatic heterocycles. The van der Waals surface area contributed by atoms with Crippen molar-refractivity contribution >= 4 is 27.6 Å². The number of hydrogen-bond donors (Lipinski definition) is 1. The van der Waals surface area contributed by atoms with Crippen LogP contribution in [0.25, 0.3) is 0 Å². The second-order valence-corrected chi connectivity index (χ2v) is 9.27. The van der Waals surface area contributed by atoms with E-state index >= 15 is 0 Å². The van der Waals surface area contributed by atoms with Crippen LogP contribution in [0.2, 0.25) is 0 Å². The van der Waals surface area contributed by atoms with Gasteiger partial charge >= 0.3 is 0 Å². The highest BCUT2D eigenvalue weighted by atomic mass is 79.9. The van der Waals surface area contributed by atoms with E-state index < -0.39 is 15.7 Å². The minimum absolute atomic E-state index is 0.0237. The lowest BCUT2D eigenvalue weighted by Crippen LogP contribution is -2.51. The fourth-order valence-electron chi connectivity index (χ4n) is 4.97. The van der Waals surface area contributed by atoms with Crippen LogP contribution in [-0.4, -0.2) is 37.3 Å². The van der Waals surface area contributed by atoms with E-state index in [2.05, 4.69) is 35.1 Å². The average molecular weight is 438 g/mol. The van der Waals surface area contributed by atoms with Crippen molar-refractivity contribution in [1.82, 2.24) is 5.32 Å². The molecule has 2 bridgehead atoms. The second kappa shape index (κ2) is 6.80. The zero-order valence-corrected chi connectivity index (χ0v) is 18.2. The molecule has 2 saturated carbocycles. The second-order valence-electron chi connectivity index (χ2n) is 8.35. The smallest absolute Gasteiger partial charge is 0.228 e. The minimum Gasteiger partial charge on any atom is -0.493 e. The number of rotatable bonds is 6. The molecule has 0 radical (unpaired) electrons. The number of carbonyl (C=O) groups is 2. The lowest BCUT2D eigenvalue weighted by atomic mass is 9.64. The first-order chi connectivity index (χ1) is 12.7. The molecule has 1 aromatic carbocycles. The van der Waals surface area contributed by atoms with E-state index in [0.717, 1.165) is 18.4 Å². The molecule has 0 unspecified atom stereocenters. The highest BCUT2D eigenvalue weighted by molar-refractivity contribution is 9.10. The molecule has 0 heterocycles. The number of ketones is 1. The number of halogens is 1. The van der Waals surface area contributed by atoms with Crippen molar-refractivity contribution in [3.63, 3.8) is 0 Å². The zero-order chi connectivity index (χ0) is 20.0. The number of methoxy groups -OCH3 is 2. The van der Waals surface area contributed by atoms with E-state index in [4.69, 9.17) is 9.47 Å². The first kappa shape index (κ1) is 20.2. The number of Topliss-reactive ketones (excluding diaryl/α,β-unsaturated/α-hetero) is 1. The highest BCUT2D eigenvalue weighted by Crippen LogP contribution is 2.72. The highest BCUT2D eigenvalue weighted by Gasteiger charge is 2.76. The molecule has 5 nitrogen and oxygen atoms in total. The first-order valence-corrected chi connectivity index (χ1v) is 10.2. The van der Waals surface area contributed by atoms with Gasteiger partial charge in [-0.05, 0) is 42.4 Å². The predicted molar refractivity (Wildman–Crippen MR) is 108 cm³/mol. The Hall–Kier alpha value is -1.56. The van der Waals surface area contributed by atoms with Crippen LogP contribution in [0.1, 0.15) is 39.2 Å². The third-order valence-corrected chi connectivity index (χ3v) is 8.47. The molecule has 27 heavy (non-hydrogen) atoms. The van der Waals surface area contributed by atoms with Gasteiger partial charge in [0.25, 0.3) is 0 Å². The number of hydrogen-bond acceptors (Lipinski definition) is 4. The van der Waals surface area contributed by atoms with Gasteiger partial charge in [0.05, 0.1) is 24.5 Å². The van der Waals surface area contributed by atoms with Gasteiger partial charge in [-0.1, -0.05) is 42.8 Å². The number of alkyl halides is 1. The van der Waals surface area contributed by atoms with Gasteiger partial charge in [-0.15, -0.1) is 0 Å². The summed E-state index contributed by atoms with van der Waals surface area (Å²) in [5, 5.41) is 3.09. The molecule has 1 amide bonds. The van der Waals surface area contributed by atoms with Gasteiger partial charge in [0.1, 0.15) is 0 Å². The number of nitrogens with one attached hydrogen (secondary N) is 1. The maximum absolute atomic E-state index is 13.2. The molecule has 148 valence electrons. The maximum atomic E-state index is 13.2. The molecule has 2 fully saturated rings. The lowest BCUT2D eigenvalue weighted by Gasteiger charge is -2.39. The molecule has 1 aromatic rings. The normalized spacial score (nSPS) is 31.0. The standard InChI is InChI=1S/C21H28BrNO4/c1-19(2)20(3)9-10-21(19,16(22)17(20)24)18(25)23-11-8-13-6-7-14(26-4)15(12-13)27-5/h6-7,12,16H,8-11H2,1-5H3,(H,23,25)/t16-,20+,21-/m1/s1. The molecule has 0 spiro atoms. The Balaban J connectivity index is 1.71. The van der Waals surface area contributed by atoms with Crippen molar-refractivity contribution in [3.05, 3.63) is 23.8 Å². The molecular formula is C21H28BrNO4. The Morgan fingerprint density at radius 1 is 1.19 bits per heavy atom. The summed E-state index contributed by atoms with van der Waals surface area (Å²) in [5.74, 6) is 1.50. The summed E-state index contributed by atoms with van der Waals surface area (Å²) >= 11 is 3.56. The zero-order valence-electron chi connectivity index (χ0n) is 16.6. The number of fused-ring (bicyclic) bond motifs is 2. The molecule has 3 rings (SSSR count). The van der Waals surface area contributed by atoms with Crippen molar-refractivity contribution in [1.29, 1.82) is 0 Å². The predicted octanol–water partition coefficient (Wildman–Crippen LogP) is 3.52. The van der Waals surface area contributed by atoms with Crippen molar-refractivity contribution in [3.8, 4) is 11.5 Å². The van der Waals surface area contributed by atoms with Crippen LogP contribution in [0, 0.1) is 16.2 Å². The summed E-state index contributed by atoms with van der Waals surface area (Å²) in [7, 11) is 3.21. The van der Waals surface area contributed by atoms with E-state index in [9.17, 15) is 9.59 Å². The van der Waals surface area contributed by atoms with E-state index in [1.165, 1.54) is 0 Å². The number of carbonyl (C=O) groups excluding carboxylic acids is 2. The van der Waals surface area contributed by atoms with Crippen molar-refractivity contribution in [2.75, 3.05) is 20.8 Å². The summed E-state index contributed by atoms with van der Waals surface area (Å²) in [6.07, 6.45) is 2.19. The summed E-state index contributed by atoms with van der Waals surface area (Å²) < 4.78 is 10.6. The van der Waals surface area contributed by atoms with Gasteiger partial charge in [0.2, 0.25) is 5.91 Å². The molecule has 0 aliphatic heterocycles. The quantitative estimate of drug-likeness (QED) is 0.691. The molecule has 6 heteroatoms. The van der Waals surface area contributed by atoms with Gasteiger partial charge < -0.3 is 14.8 Å². The van der Waals surface area contributed by atoms with E-state index in [0.29, 0.717) is 24.5 Å². The van der Waals surface area contributed by atoms with E-state index in [-0.39, 0.29) is 17.1 Å². The Bertz CT molecular complexity index is 777. The Morgan fingerprint density at radius 3 is 2.41 bits per heavy atom. The molecule has 3 atom stereocenters. The van der Waals surface area contributed by atoms with Crippen LogP contribution >= 0.6 is 15.9 Å². The van der Waals surface area contributed by atoms with Gasteiger partial charge in [-0.2, -0.15) is 0 Å². The van der Waals surface area contributed by atoms with Gasteiger partial charge in [0, 0.05) is 12.0 Å². The summed E-state index contributed by atoms with van der Waals surface area (Å²) in [5.41, 5.74) is -0.449. The molecule has 0 saturated heterocycles. The maximum Gasteiger partial charge on any atom is 0.228 e. The van der Waals surface area contributed by atoms with Gasteiger partial charge in [0.15, 0.2) is 17.3 Å². The summed E-state index contributed by atoms with van der Waals surface area (Å²) in [6, 6.07) is 5.76. The van der Waals surface area contributed by atoms with Gasteiger partial charge in [-0.3, -0.25) is 9.59 Å². The summed E-state index contributed by atoms with van der Waals surface area (Å²) in [4.78, 5) is 25.6. The molecule has 2 aliphatic rings. The third kappa shape index (κ3) is 2.63. The molecule has 2 aliphatic carbocycles. The van der Waals surface area contributed by atoms with Crippen molar-refractivity contribution in [2.45, 2.75) is 44.9 Å². The number of amides is 1. The fraction of sp³-hybridized carbons (Fsp3) is 0.619. The molecular weight excluding hydrogens is 410 g/mol. The van der Waals surface area contributed by atoms with Crippen molar-refractivity contribution in [2.24, 2.45) is 16.2 Å². The third-order valence-electron chi connectivity index (χ3n) is 7.27.